The van der Waals surface area contributed by atoms with Crippen LogP contribution in [0.5, 0.6) is 0 Å². The molecule has 4 rings (SSSR count). The Balaban J connectivity index is 1.82. The molecule has 1 fully saturated rings. The second kappa shape index (κ2) is 19.5. The lowest BCUT2D eigenvalue weighted by Gasteiger charge is -2.35. The van der Waals surface area contributed by atoms with Crippen molar-refractivity contribution in [1.29, 1.82) is 0 Å². The number of hydrogen-bond donors (Lipinski definition) is 0. The number of likely N-dealkylation sites (N-methyl/N-ethyl adjacent to an activating group) is 3. The minimum Gasteiger partial charge on any atom is -0.451 e. The highest BCUT2D eigenvalue weighted by atomic mass is 16.6. The first-order chi connectivity index (χ1) is 25.9. The summed E-state index contributed by atoms with van der Waals surface area (Å²) in [7, 11) is 4.28. The summed E-state index contributed by atoms with van der Waals surface area (Å²) in [6.45, 7) is 5.00. The summed E-state index contributed by atoms with van der Waals surface area (Å²) in [5.74, 6) is -4.49. The molecule has 0 N–H and O–H groups in total. The van der Waals surface area contributed by atoms with Gasteiger partial charge in [0, 0.05) is 40.4 Å². The van der Waals surface area contributed by atoms with Gasteiger partial charge in [-0.2, -0.15) is 0 Å². The molecule has 1 aliphatic rings. The van der Waals surface area contributed by atoms with E-state index in [0.29, 0.717) is 0 Å². The van der Waals surface area contributed by atoms with Gasteiger partial charge in [0.15, 0.2) is 18.3 Å². The average Bonchev–Trinajstić information content (AvgIpc) is 3.20. The third-order valence-electron chi connectivity index (χ3n) is 9.79. The fourth-order valence-electron chi connectivity index (χ4n) is 6.37. The maximum atomic E-state index is 14.1. The monoisotopic (exact) mass is 741 g/mol. The van der Waals surface area contributed by atoms with E-state index < -0.39 is 72.1 Å². The molecule has 0 unspecified atom stereocenters. The van der Waals surface area contributed by atoms with E-state index in [0.717, 1.165) is 16.7 Å². The summed E-state index contributed by atoms with van der Waals surface area (Å²) in [6, 6.07) is 23.4. The number of hydrogen-bond acceptors (Lipinski definition) is 9. The molecule has 0 aliphatic carbocycles. The van der Waals surface area contributed by atoms with Gasteiger partial charge in [-0.1, -0.05) is 112 Å². The predicted octanol–water partition coefficient (Wildman–Crippen LogP) is 4.17. The topological polar surface area (TPSA) is 140 Å². The largest absolute Gasteiger partial charge is 0.451 e. The molecule has 6 atom stereocenters. The van der Waals surface area contributed by atoms with Crippen molar-refractivity contribution >= 4 is 35.6 Å². The quantitative estimate of drug-likeness (QED) is 0.234. The van der Waals surface area contributed by atoms with E-state index in [1.54, 1.807) is 93.6 Å². The van der Waals surface area contributed by atoms with Gasteiger partial charge in [0.25, 0.3) is 17.7 Å². The summed E-state index contributed by atoms with van der Waals surface area (Å²) < 4.78 is 17.6. The smallest absolute Gasteiger partial charge is 0.329 e. The van der Waals surface area contributed by atoms with Crippen molar-refractivity contribution in [2.75, 3.05) is 21.1 Å². The van der Waals surface area contributed by atoms with E-state index in [2.05, 4.69) is 0 Å². The van der Waals surface area contributed by atoms with Crippen molar-refractivity contribution in [3.63, 3.8) is 0 Å². The number of rotatable bonds is 9. The van der Waals surface area contributed by atoms with E-state index in [4.69, 9.17) is 14.2 Å². The van der Waals surface area contributed by atoms with Crippen LogP contribution in [0.1, 0.15) is 56.7 Å². The number of carbonyl (C=O) groups excluding carboxylic acids is 6. The lowest BCUT2D eigenvalue weighted by atomic mass is 10.0. The molecule has 288 valence electrons. The first-order valence-electron chi connectivity index (χ1n) is 18.4. The van der Waals surface area contributed by atoms with Crippen LogP contribution in [-0.2, 0) is 62.2 Å². The predicted molar refractivity (Wildman–Crippen MR) is 201 cm³/mol. The van der Waals surface area contributed by atoms with Crippen LogP contribution in [0.4, 0.5) is 0 Å². The van der Waals surface area contributed by atoms with Gasteiger partial charge < -0.3 is 28.9 Å². The molecule has 0 saturated carbocycles. The Labute approximate surface area is 317 Å². The van der Waals surface area contributed by atoms with Gasteiger partial charge in [-0.15, -0.1) is 0 Å². The number of esters is 3. The third kappa shape index (κ3) is 10.3. The van der Waals surface area contributed by atoms with Gasteiger partial charge in [-0.05, 0) is 36.0 Å². The minimum atomic E-state index is -1.32. The highest BCUT2D eigenvalue weighted by Crippen LogP contribution is 2.21. The molecular weight excluding hydrogens is 690 g/mol. The number of amides is 3. The Bertz CT molecular complexity index is 1530. The number of ether oxygens (including phenoxy) is 3. The number of nitrogens with zero attached hydrogens (tertiary/aromatic N) is 3. The van der Waals surface area contributed by atoms with Crippen molar-refractivity contribution in [1.82, 2.24) is 14.7 Å². The number of carbonyl (C=O) groups is 6. The second-order valence-corrected chi connectivity index (χ2v) is 13.5. The van der Waals surface area contributed by atoms with Crippen LogP contribution in [-0.4, -0.2) is 108 Å². The van der Waals surface area contributed by atoms with E-state index in [9.17, 15) is 28.8 Å². The van der Waals surface area contributed by atoms with Crippen molar-refractivity contribution in [3.05, 3.63) is 108 Å². The van der Waals surface area contributed by atoms with E-state index in [1.165, 1.54) is 35.8 Å². The molecule has 54 heavy (non-hydrogen) atoms. The Hall–Kier alpha value is -5.52. The van der Waals surface area contributed by atoms with E-state index in [-0.39, 0.29) is 38.5 Å². The van der Waals surface area contributed by atoms with E-state index >= 15 is 0 Å². The molecule has 0 spiro atoms. The Morgan fingerprint density at radius 1 is 0.407 bits per heavy atom. The molecule has 0 bridgehead atoms. The zero-order valence-electron chi connectivity index (χ0n) is 31.9. The lowest BCUT2D eigenvalue weighted by molar-refractivity contribution is -0.176. The van der Waals surface area contributed by atoms with Gasteiger partial charge in [-0.25, -0.2) is 14.4 Å². The molecule has 3 amide bonds. The van der Waals surface area contributed by atoms with Gasteiger partial charge in [0.2, 0.25) is 0 Å². The van der Waals surface area contributed by atoms with Crippen LogP contribution < -0.4 is 0 Å². The summed E-state index contributed by atoms with van der Waals surface area (Å²) >= 11 is 0. The van der Waals surface area contributed by atoms with Crippen LogP contribution in [0.3, 0.4) is 0 Å². The first kappa shape index (κ1) is 41.2. The standard InChI is InChI=1S/C42H51N3O9/c1-7-34-37(46)43(4)32(26-29-21-15-11-16-22-29)41(50)53-36(9-3)39(48)45(6)33(27-30-23-17-12-18-24-30)42(51)54-35(8-2)38(47)44(5)31(40(49)52-34)25-28-19-13-10-14-20-28/h10-24,31-36H,7-9,25-27H2,1-6H3/t31-,32-,33-,34+,35+,36+/m0/s1. The molecule has 12 nitrogen and oxygen atoms in total. The molecule has 12 heteroatoms. The number of benzene rings is 3. The Morgan fingerprint density at radius 3 is 0.833 bits per heavy atom. The SMILES string of the molecule is CC[C@H]1OC(=O)[C@H](Cc2ccccc2)N(C)C(=O)[C@@H](CC)OC(=O)[C@H](Cc2ccccc2)N(C)C(=O)[C@@H](CC)OC(=O)[C@H](Cc2ccccc2)N(C)C1=O. The van der Waals surface area contributed by atoms with Crippen molar-refractivity contribution in [2.45, 2.75) is 95.7 Å². The van der Waals surface area contributed by atoms with Gasteiger partial charge in [0.1, 0.15) is 18.1 Å². The van der Waals surface area contributed by atoms with Crippen LogP contribution in [0.2, 0.25) is 0 Å². The molecule has 1 aliphatic heterocycles. The normalized spacial score (nSPS) is 24.0. The summed E-state index contributed by atoms with van der Waals surface area (Å²) in [6.07, 6.45) is -3.62. The summed E-state index contributed by atoms with van der Waals surface area (Å²) in [5, 5.41) is 0. The zero-order chi connectivity index (χ0) is 39.4. The minimum absolute atomic E-state index is 0.0436. The molecule has 0 aromatic heterocycles. The van der Waals surface area contributed by atoms with Gasteiger partial charge in [0.05, 0.1) is 0 Å². The van der Waals surface area contributed by atoms with Crippen molar-refractivity contribution in [3.8, 4) is 0 Å². The molecule has 3 aromatic carbocycles. The molecule has 3 aromatic rings. The maximum Gasteiger partial charge on any atom is 0.329 e. The second-order valence-electron chi connectivity index (χ2n) is 13.5. The Morgan fingerprint density at radius 2 is 0.630 bits per heavy atom. The molecular formula is C42H51N3O9. The fourth-order valence-corrected chi connectivity index (χ4v) is 6.37. The van der Waals surface area contributed by atoms with Crippen LogP contribution in [0.25, 0.3) is 0 Å². The van der Waals surface area contributed by atoms with Gasteiger partial charge >= 0.3 is 17.9 Å². The highest BCUT2D eigenvalue weighted by Gasteiger charge is 2.41. The summed E-state index contributed by atoms with van der Waals surface area (Å²) in [4.78, 5) is 88.1. The molecule has 1 heterocycles. The summed E-state index contributed by atoms with van der Waals surface area (Å²) in [5.41, 5.74) is 2.17. The average molecular weight is 742 g/mol. The van der Waals surface area contributed by atoms with Gasteiger partial charge in [-0.3, -0.25) is 14.4 Å². The van der Waals surface area contributed by atoms with Crippen molar-refractivity contribution in [2.24, 2.45) is 0 Å². The molecule has 1 saturated heterocycles. The first-order valence-corrected chi connectivity index (χ1v) is 18.4. The Kier molecular flexibility index (Phi) is 14.9. The van der Waals surface area contributed by atoms with Crippen LogP contribution in [0, 0.1) is 0 Å². The third-order valence-corrected chi connectivity index (χ3v) is 9.79. The fraction of sp³-hybridized carbons (Fsp3) is 0.429. The number of cyclic esters (lactones) is 3. The molecule has 0 radical (unpaired) electrons. The maximum absolute atomic E-state index is 14.1. The highest BCUT2D eigenvalue weighted by molar-refractivity contribution is 5.94. The lowest BCUT2D eigenvalue weighted by Crippen LogP contribution is -2.55. The van der Waals surface area contributed by atoms with Crippen LogP contribution >= 0.6 is 0 Å². The van der Waals surface area contributed by atoms with Crippen molar-refractivity contribution < 1.29 is 43.0 Å². The van der Waals surface area contributed by atoms with E-state index in [1.807, 2.05) is 18.2 Å². The van der Waals surface area contributed by atoms with Crippen LogP contribution in [0.15, 0.2) is 91.0 Å². The zero-order valence-corrected chi connectivity index (χ0v) is 31.9.